The Hall–Kier alpha value is -7.39. The topological polar surface area (TPSA) is 81.2 Å². The minimum Gasteiger partial charge on any atom is -0.308 e. The van der Waals surface area contributed by atoms with Crippen molar-refractivity contribution in [3.05, 3.63) is 168 Å². The van der Waals surface area contributed by atoms with Gasteiger partial charge < -0.3 is 9.13 Å². The van der Waals surface area contributed by atoms with Crippen LogP contribution in [0.15, 0.2) is 152 Å². The van der Waals surface area contributed by atoms with Crippen molar-refractivity contribution in [2.24, 2.45) is 0 Å². The van der Waals surface area contributed by atoms with Crippen LogP contribution in [-0.2, 0) is 0 Å². The zero-order valence-electron chi connectivity index (χ0n) is 26.7. The van der Waals surface area contributed by atoms with E-state index >= 15 is 0 Å². The first-order chi connectivity index (χ1) is 24.7. The summed E-state index contributed by atoms with van der Waals surface area (Å²) in [6.07, 6.45) is 0. The average molecular weight is 636 g/mol. The highest BCUT2D eigenvalue weighted by Gasteiger charge is 2.19. The van der Waals surface area contributed by atoms with Crippen LogP contribution >= 0.6 is 0 Å². The first kappa shape index (κ1) is 28.8. The van der Waals surface area contributed by atoms with E-state index in [2.05, 4.69) is 88.0 Å². The molecule has 0 saturated heterocycles. The second kappa shape index (κ2) is 11.4. The van der Waals surface area contributed by atoms with E-state index in [1.165, 1.54) is 0 Å². The molecule has 0 fully saturated rings. The fourth-order valence-corrected chi connectivity index (χ4v) is 7.44. The van der Waals surface area contributed by atoms with Crippen LogP contribution in [0.2, 0.25) is 0 Å². The fourth-order valence-electron chi connectivity index (χ4n) is 7.44. The molecule has 0 spiro atoms. The first-order valence-corrected chi connectivity index (χ1v) is 16.3. The summed E-state index contributed by atoms with van der Waals surface area (Å²) >= 11 is 0. The molecule has 5 nitrogen and oxygen atoms in total. The van der Waals surface area contributed by atoms with E-state index in [4.69, 9.17) is 0 Å². The summed E-state index contributed by atoms with van der Waals surface area (Å²) in [5.74, 6) is 0. The lowest BCUT2D eigenvalue weighted by Crippen LogP contribution is -1.99. The van der Waals surface area contributed by atoms with Gasteiger partial charge in [-0.25, -0.2) is 0 Å². The second-order valence-electron chi connectivity index (χ2n) is 12.3. The van der Waals surface area contributed by atoms with Crippen molar-refractivity contribution in [1.82, 2.24) is 9.13 Å². The summed E-state index contributed by atoms with van der Waals surface area (Å²) < 4.78 is 4.32. The lowest BCUT2D eigenvalue weighted by Gasteiger charge is -2.16. The van der Waals surface area contributed by atoms with Crippen LogP contribution in [-0.4, -0.2) is 9.13 Å². The Kier molecular flexibility index (Phi) is 6.56. The molecule has 0 radical (unpaired) electrons. The molecule has 0 saturated carbocycles. The molecule has 0 amide bonds. The van der Waals surface area contributed by atoms with Gasteiger partial charge in [0.1, 0.15) is 12.1 Å². The van der Waals surface area contributed by atoms with Gasteiger partial charge in [-0.2, -0.15) is 15.8 Å². The average Bonchev–Trinajstić information content (AvgIpc) is 3.70. The first-order valence-electron chi connectivity index (χ1n) is 16.3. The van der Waals surface area contributed by atoms with E-state index < -0.39 is 0 Å². The lowest BCUT2D eigenvalue weighted by molar-refractivity contribution is 1.17. The monoisotopic (exact) mass is 635 g/mol. The van der Waals surface area contributed by atoms with Crippen molar-refractivity contribution in [1.29, 1.82) is 15.8 Å². The van der Waals surface area contributed by atoms with Crippen LogP contribution in [0.25, 0.3) is 77.2 Å². The predicted octanol–water partition coefficient (Wildman–Crippen LogP) is 10.8. The summed E-state index contributed by atoms with van der Waals surface area (Å²) in [5.41, 5.74) is 11.4. The molecule has 2 aromatic heterocycles. The zero-order chi connectivity index (χ0) is 33.8. The van der Waals surface area contributed by atoms with Gasteiger partial charge >= 0.3 is 0 Å². The van der Waals surface area contributed by atoms with Gasteiger partial charge in [0.2, 0.25) is 0 Å². The number of para-hydroxylation sites is 4. The van der Waals surface area contributed by atoms with E-state index in [-0.39, 0.29) is 0 Å². The van der Waals surface area contributed by atoms with E-state index in [1.807, 2.05) is 91.0 Å². The predicted molar refractivity (Wildman–Crippen MR) is 200 cm³/mol. The lowest BCUT2D eigenvalue weighted by atomic mass is 9.96. The third-order valence-electron chi connectivity index (χ3n) is 9.63. The van der Waals surface area contributed by atoms with Crippen LogP contribution < -0.4 is 0 Å². The van der Waals surface area contributed by atoms with Crippen LogP contribution in [0.3, 0.4) is 0 Å². The molecule has 5 heteroatoms. The minimum atomic E-state index is 0.551. The summed E-state index contributed by atoms with van der Waals surface area (Å²) in [7, 11) is 0. The number of benzene rings is 7. The van der Waals surface area contributed by atoms with Crippen molar-refractivity contribution in [2.75, 3.05) is 0 Å². The fraction of sp³-hybridized carbons (Fsp3) is 0. The van der Waals surface area contributed by atoms with Crippen molar-refractivity contribution in [3.63, 3.8) is 0 Å². The standard InChI is InChI=1S/C45H25N5/c46-26-29-19-21-44-39(23-29)37-14-3-5-17-42(37)49(44)40-22-20-31(25-34(40)28-48)30-9-7-10-32(24-30)35-12-1-4-16-41(35)50-43-18-6-2-13-36(43)38-15-8-11-33(27-47)45(38)50/h1-25H. The van der Waals surface area contributed by atoms with Crippen molar-refractivity contribution in [2.45, 2.75) is 0 Å². The summed E-state index contributed by atoms with van der Waals surface area (Å²) in [6, 6.07) is 57.8. The van der Waals surface area contributed by atoms with Crippen LogP contribution in [0.1, 0.15) is 16.7 Å². The smallest absolute Gasteiger partial charge is 0.101 e. The van der Waals surface area contributed by atoms with E-state index in [0.29, 0.717) is 16.7 Å². The SMILES string of the molecule is N#Cc1ccc2c(c1)c1ccccc1n2-c1ccc(-c2cccc(-c3ccccc3-n3c4ccccc4c4cccc(C#N)c43)c2)cc1C#N. The number of aromatic nitrogens is 2. The summed E-state index contributed by atoms with van der Waals surface area (Å²) in [4.78, 5) is 0. The van der Waals surface area contributed by atoms with Crippen molar-refractivity contribution >= 4 is 43.6 Å². The highest BCUT2D eigenvalue weighted by atomic mass is 15.0. The molecule has 0 N–H and O–H groups in total. The normalized spacial score (nSPS) is 11.1. The third-order valence-corrected chi connectivity index (χ3v) is 9.63. The number of nitrogens with zero attached hydrogens (tertiary/aromatic N) is 5. The molecule has 50 heavy (non-hydrogen) atoms. The van der Waals surface area contributed by atoms with Crippen LogP contribution in [0.5, 0.6) is 0 Å². The van der Waals surface area contributed by atoms with E-state index in [1.54, 1.807) is 0 Å². The maximum absolute atomic E-state index is 10.5. The molecule has 0 aliphatic rings. The van der Waals surface area contributed by atoms with Gasteiger partial charge in [-0.1, -0.05) is 91.0 Å². The third kappa shape index (κ3) is 4.31. The van der Waals surface area contributed by atoms with Crippen molar-refractivity contribution in [3.8, 4) is 51.8 Å². The van der Waals surface area contributed by atoms with Gasteiger partial charge in [0.05, 0.1) is 56.2 Å². The highest BCUT2D eigenvalue weighted by Crippen LogP contribution is 2.39. The number of hydrogen-bond donors (Lipinski definition) is 0. The molecule has 0 aliphatic carbocycles. The highest BCUT2D eigenvalue weighted by molar-refractivity contribution is 6.12. The number of rotatable bonds is 4. The molecule has 7 aromatic carbocycles. The Balaban J connectivity index is 1.20. The quantitative estimate of drug-likeness (QED) is 0.193. The Morgan fingerprint density at radius 2 is 1.02 bits per heavy atom. The van der Waals surface area contributed by atoms with Crippen LogP contribution in [0.4, 0.5) is 0 Å². The molecule has 230 valence electrons. The van der Waals surface area contributed by atoms with Crippen LogP contribution in [0, 0.1) is 34.0 Å². The molecule has 0 atom stereocenters. The Morgan fingerprint density at radius 1 is 0.380 bits per heavy atom. The zero-order valence-corrected chi connectivity index (χ0v) is 26.7. The molecular formula is C45H25N5. The molecule has 0 bridgehead atoms. The molecule has 0 unspecified atom stereocenters. The van der Waals surface area contributed by atoms with Gasteiger partial charge in [0.25, 0.3) is 0 Å². The Labute approximate surface area is 287 Å². The minimum absolute atomic E-state index is 0.551. The summed E-state index contributed by atoms with van der Waals surface area (Å²) in [6.45, 7) is 0. The number of fused-ring (bicyclic) bond motifs is 6. The number of hydrogen-bond acceptors (Lipinski definition) is 3. The molecule has 0 aliphatic heterocycles. The molecular weight excluding hydrogens is 611 g/mol. The molecule has 9 rings (SSSR count). The second-order valence-corrected chi connectivity index (χ2v) is 12.3. The summed E-state index contributed by atoms with van der Waals surface area (Å²) in [5, 5.41) is 34.3. The molecule has 2 heterocycles. The van der Waals surface area contributed by atoms with E-state index in [9.17, 15) is 15.8 Å². The van der Waals surface area contributed by atoms with Gasteiger partial charge in [0.15, 0.2) is 0 Å². The largest absolute Gasteiger partial charge is 0.308 e. The van der Waals surface area contributed by atoms with Gasteiger partial charge in [-0.05, 0) is 77.4 Å². The number of nitriles is 3. The van der Waals surface area contributed by atoms with Gasteiger partial charge in [-0.15, -0.1) is 0 Å². The van der Waals surface area contributed by atoms with Gasteiger partial charge in [0, 0.05) is 27.1 Å². The Morgan fingerprint density at radius 3 is 1.82 bits per heavy atom. The maximum atomic E-state index is 10.5. The van der Waals surface area contributed by atoms with E-state index in [0.717, 1.165) is 77.2 Å². The Bertz CT molecular complexity index is 2970. The maximum Gasteiger partial charge on any atom is 0.101 e. The van der Waals surface area contributed by atoms with Crippen molar-refractivity contribution < 1.29 is 0 Å². The molecule has 9 aromatic rings. The van der Waals surface area contributed by atoms with Gasteiger partial charge in [-0.3, -0.25) is 0 Å².